The number of ether oxygens (including phenoxy) is 2. The molecule has 4 heterocycles. The Morgan fingerprint density at radius 1 is 1.15 bits per heavy atom. The van der Waals surface area contributed by atoms with Crippen molar-refractivity contribution in [2.75, 3.05) is 13.1 Å². The molecule has 2 aliphatic heterocycles. The molecule has 2 aromatic carbocycles. The molecule has 1 aliphatic carbocycles. The third kappa shape index (κ3) is 5.69. The van der Waals surface area contributed by atoms with Crippen molar-refractivity contribution in [1.82, 2.24) is 25.1 Å². The largest absolute Gasteiger partial charge is 0.451 e. The highest BCUT2D eigenvalue weighted by Crippen LogP contribution is 2.50. The van der Waals surface area contributed by atoms with Crippen molar-refractivity contribution in [3.63, 3.8) is 0 Å². The standard InChI is InChI=1S/C33H27ClF4N6O2/c1-31(24-6-5-22(34)14-25(24)35)45-27-4-2-3-23(28(27)46-31)19-7-11-44(12-8-19)17-26-20(15-32(18-39)9-10-32)13-21(16-40-26)29-41-30(43-42-29)33(36,37)38/h2-7,13-14,16H,8-12,15,17H2,1H3,(H,41,42,43)/t31-/m0/s1. The molecule has 0 radical (unpaired) electrons. The van der Waals surface area contributed by atoms with E-state index in [1.54, 1.807) is 31.2 Å². The minimum atomic E-state index is -4.64. The molecule has 4 aromatic rings. The number of pyridine rings is 1. The van der Waals surface area contributed by atoms with Gasteiger partial charge in [-0.05, 0) is 67.2 Å². The number of alkyl halides is 3. The maximum absolute atomic E-state index is 14.8. The van der Waals surface area contributed by atoms with Crippen LogP contribution >= 0.6 is 11.6 Å². The van der Waals surface area contributed by atoms with Crippen LogP contribution in [0.2, 0.25) is 5.02 Å². The second-order valence-corrected chi connectivity index (χ2v) is 12.5. The summed E-state index contributed by atoms with van der Waals surface area (Å²) in [7, 11) is 0. The number of benzene rings is 2. The van der Waals surface area contributed by atoms with Gasteiger partial charge in [0.15, 0.2) is 17.3 Å². The molecular weight excluding hydrogens is 624 g/mol. The van der Waals surface area contributed by atoms with Crippen LogP contribution in [-0.2, 0) is 24.9 Å². The summed E-state index contributed by atoms with van der Waals surface area (Å²) in [5.74, 6) is -2.09. The zero-order valence-corrected chi connectivity index (χ0v) is 25.3. The molecule has 3 aliphatic rings. The predicted molar refractivity (Wildman–Crippen MR) is 160 cm³/mol. The average Bonchev–Trinajstić information content (AvgIpc) is 3.42. The van der Waals surface area contributed by atoms with E-state index in [2.05, 4.69) is 32.1 Å². The molecule has 236 valence electrons. The number of aromatic amines is 1. The van der Waals surface area contributed by atoms with Gasteiger partial charge in [0.2, 0.25) is 5.82 Å². The van der Waals surface area contributed by atoms with E-state index < -0.39 is 29.0 Å². The van der Waals surface area contributed by atoms with Crippen LogP contribution in [0.3, 0.4) is 0 Å². The summed E-state index contributed by atoms with van der Waals surface area (Å²) in [6.07, 6.45) is 1.61. The quantitative estimate of drug-likeness (QED) is 0.207. The number of H-pyrrole nitrogens is 1. The third-order valence-corrected chi connectivity index (χ3v) is 8.94. The fourth-order valence-electron chi connectivity index (χ4n) is 5.98. The van der Waals surface area contributed by atoms with Gasteiger partial charge in [-0.2, -0.15) is 23.5 Å². The summed E-state index contributed by atoms with van der Waals surface area (Å²) in [6.45, 7) is 3.46. The summed E-state index contributed by atoms with van der Waals surface area (Å²) in [6, 6.07) is 14.1. The molecule has 2 aromatic heterocycles. The van der Waals surface area contributed by atoms with Crippen molar-refractivity contribution < 1.29 is 27.0 Å². The van der Waals surface area contributed by atoms with Gasteiger partial charge in [-0.15, -0.1) is 0 Å². The van der Waals surface area contributed by atoms with Crippen LogP contribution in [0.4, 0.5) is 17.6 Å². The highest BCUT2D eigenvalue weighted by Gasteiger charge is 2.44. The number of nitriles is 1. The Bertz CT molecular complexity index is 1910. The lowest BCUT2D eigenvalue weighted by Gasteiger charge is -2.28. The fraction of sp³-hybridized carbons (Fsp3) is 0.333. The summed E-state index contributed by atoms with van der Waals surface area (Å²) >= 11 is 5.95. The summed E-state index contributed by atoms with van der Waals surface area (Å²) in [5.41, 5.74) is 3.59. The van der Waals surface area contributed by atoms with Gasteiger partial charge in [-0.25, -0.2) is 9.37 Å². The van der Waals surface area contributed by atoms with Crippen LogP contribution in [-0.4, -0.2) is 38.2 Å². The first-order valence-electron chi connectivity index (χ1n) is 14.7. The lowest BCUT2D eigenvalue weighted by Crippen LogP contribution is -2.32. The SMILES string of the molecule is C[C@]1(c2ccc(Cl)cc2F)Oc2cccc(C3=CCN(Cc4ncc(-c5n[nH]c(C(F)(F)F)n5)cc4CC4(C#N)CC4)CC3)c2O1. The number of hydrogen-bond donors (Lipinski definition) is 1. The van der Waals surface area contributed by atoms with Crippen molar-refractivity contribution in [2.24, 2.45) is 5.41 Å². The Kier molecular flexibility index (Phi) is 7.29. The normalized spacial score (nSPS) is 20.3. The Balaban J connectivity index is 1.10. The van der Waals surface area contributed by atoms with Crippen LogP contribution in [0.1, 0.15) is 54.4 Å². The molecular formula is C33H27ClF4N6O2. The van der Waals surface area contributed by atoms with Crippen molar-refractivity contribution in [3.05, 3.63) is 93.8 Å². The maximum atomic E-state index is 14.8. The molecule has 0 saturated heterocycles. The minimum Gasteiger partial charge on any atom is -0.444 e. The Hall–Kier alpha value is -4.47. The van der Waals surface area contributed by atoms with Gasteiger partial charge in [-0.3, -0.25) is 15.0 Å². The highest BCUT2D eigenvalue weighted by atomic mass is 35.5. The molecule has 1 saturated carbocycles. The molecule has 1 N–H and O–H groups in total. The minimum absolute atomic E-state index is 0.100. The number of nitrogens with one attached hydrogen (secondary N) is 1. The van der Waals surface area contributed by atoms with E-state index in [0.717, 1.165) is 35.2 Å². The van der Waals surface area contributed by atoms with E-state index in [9.17, 15) is 22.8 Å². The first-order chi connectivity index (χ1) is 22.0. The van der Waals surface area contributed by atoms with Gasteiger partial charge in [-0.1, -0.05) is 29.8 Å². The van der Waals surface area contributed by atoms with Gasteiger partial charge in [0, 0.05) is 48.9 Å². The maximum Gasteiger partial charge on any atom is 0.451 e. The molecule has 0 unspecified atom stereocenters. The number of aromatic nitrogens is 4. The van der Waals surface area contributed by atoms with Crippen LogP contribution < -0.4 is 9.47 Å². The van der Waals surface area contributed by atoms with E-state index in [-0.39, 0.29) is 16.4 Å². The lowest BCUT2D eigenvalue weighted by atomic mass is 9.94. The Labute approximate surface area is 266 Å². The second kappa shape index (κ2) is 11.1. The molecule has 46 heavy (non-hydrogen) atoms. The summed E-state index contributed by atoms with van der Waals surface area (Å²) < 4.78 is 66.5. The molecule has 13 heteroatoms. The van der Waals surface area contributed by atoms with Crippen LogP contribution in [0, 0.1) is 22.6 Å². The number of fused-ring (bicyclic) bond motifs is 1. The summed E-state index contributed by atoms with van der Waals surface area (Å²) in [4.78, 5) is 10.4. The van der Waals surface area contributed by atoms with E-state index in [1.165, 1.54) is 12.3 Å². The van der Waals surface area contributed by atoms with Gasteiger partial charge in [0.25, 0.3) is 5.79 Å². The van der Waals surface area contributed by atoms with E-state index in [0.29, 0.717) is 49.5 Å². The highest BCUT2D eigenvalue weighted by molar-refractivity contribution is 6.30. The number of rotatable bonds is 7. The van der Waals surface area contributed by atoms with E-state index >= 15 is 0 Å². The van der Waals surface area contributed by atoms with E-state index in [4.69, 9.17) is 21.1 Å². The van der Waals surface area contributed by atoms with Crippen molar-refractivity contribution >= 4 is 17.2 Å². The molecule has 8 nitrogen and oxygen atoms in total. The second-order valence-electron chi connectivity index (χ2n) is 12.0. The third-order valence-electron chi connectivity index (χ3n) is 8.70. The van der Waals surface area contributed by atoms with Crippen LogP contribution in [0.25, 0.3) is 17.0 Å². The molecule has 0 spiro atoms. The van der Waals surface area contributed by atoms with Gasteiger partial charge < -0.3 is 9.47 Å². The topological polar surface area (TPSA) is 100.0 Å². The molecule has 7 rings (SSSR count). The first kappa shape index (κ1) is 30.2. The molecule has 1 atom stereocenters. The number of hydrogen-bond acceptors (Lipinski definition) is 7. The first-order valence-corrected chi connectivity index (χ1v) is 15.1. The average molecular weight is 651 g/mol. The number of para-hydroxylation sites is 1. The van der Waals surface area contributed by atoms with Crippen LogP contribution in [0.15, 0.2) is 54.7 Å². The number of nitrogens with zero attached hydrogens (tertiary/aromatic N) is 5. The lowest BCUT2D eigenvalue weighted by molar-refractivity contribution is -0.144. The number of halogens is 5. The smallest absolute Gasteiger partial charge is 0.444 e. The Morgan fingerprint density at radius 3 is 2.65 bits per heavy atom. The molecule has 0 amide bonds. The molecule has 0 bridgehead atoms. The monoisotopic (exact) mass is 650 g/mol. The molecule has 1 fully saturated rings. The van der Waals surface area contributed by atoms with Crippen molar-refractivity contribution in [2.45, 2.75) is 51.1 Å². The van der Waals surface area contributed by atoms with Gasteiger partial charge in [0.05, 0.1) is 22.7 Å². The van der Waals surface area contributed by atoms with Crippen molar-refractivity contribution in [1.29, 1.82) is 5.26 Å². The van der Waals surface area contributed by atoms with Gasteiger partial charge >= 0.3 is 6.18 Å². The van der Waals surface area contributed by atoms with E-state index in [1.807, 2.05) is 17.2 Å². The van der Waals surface area contributed by atoms with Crippen LogP contribution in [0.5, 0.6) is 11.5 Å². The van der Waals surface area contributed by atoms with Crippen molar-refractivity contribution in [3.8, 4) is 29.0 Å². The Morgan fingerprint density at radius 2 is 1.98 bits per heavy atom. The zero-order valence-electron chi connectivity index (χ0n) is 24.6. The zero-order chi connectivity index (χ0) is 32.3. The summed E-state index contributed by atoms with van der Waals surface area (Å²) in [5, 5.41) is 15.7. The predicted octanol–water partition coefficient (Wildman–Crippen LogP) is 7.46. The fourth-order valence-corrected chi connectivity index (χ4v) is 6.14. The van der Waals surface area contributed by atoms with Gasteiger partial charge in [0.1, 0.15) is 5.82 Å².